The van der Waals surface area contributed by atoms with Crippen LogP contribution in [0.4, 0.5) is 0 Å². The zero-order chi connectivity index (χ0) is 19.8. The van der Waals surface area contributed by atoms with Crippen molar-refractivity contribution in [3.05, 3.63) is 76.9 Å². The van der Waals surface area contributed by atoms with E-state index in [-0.39, 0.29) is 17.1 Å². The maximum Gasteiger partial charge on any atom is 0.289 e. The predicted molar refractivity (Wildman–Crippen MR) is 111 cm³/mol. The molecule has 2 aromatic heterocycles. The highest BCUT2D eigenvalue weighted by molar-refractivity contribution is 5.93. The van der Waals surface area contributed by atoms with E-state index >= 15 is 0 Å². The third kappa shape index (κ3) is 3.31. The summed E-state index contributed by atoms with van der Waals surface area (Å²) in [4.78, 5) is 31.4. The molecule has 4 aromatic rings. The zero-order valence-electron chi connectivity index (χ0n) is 16.0. The number of hydrogen-bond donors (Lipinski definition) is 0. The quantitative estimate of drug-likeness (QED) is 0.538. The van der Waals surface area contributed by atoms with Crippen molar-refractivity contribution in [3.63, 3.8) is 0 Å². The van der Waals surface area contributed by atoms with Crippen molar-refractivity contribution in [2.45, 2.75) is 19.4 Å². The van der Waals surface area contributed by atoms with Crippen molar-refractivity contribution in [1.29, 1.82) is 0 Å². The number of carbonyl (C=O) groups excluding carboxylic acids is 1. The summed E-state index contributed by atoms with van der Waals surface area (Å²) in [7, 11) is 0. The first-order valence-corrected chi connectivity index (χ1v) is 9.91. The van der Waals surface area contributed by atoms with Gasteiger partial charge in [0.1, 0.15) is 5.58 Å². The van der Waals surface area contributed by atoms with Crippen molar-refractivity contribution < 1.29 is 9.21 Å². The standard InChI is InChI=1S/C23H21N3O3/c27-20-13-22(29-21-8-4-1-5-17(20)21)23(28)25-11-9-16(10-12-25)14-26-15-24-18-6-2-3-7-19(18)26/h1-8,13,15-16H,9-12,14H2. The number of carbonyl (C=O) groups is 1. The molecule has 1 saturated heterocycles. The van der Waals surface area contributed by atoms with Crippen LogP contribution in [0, 0.1) is 5.92 Å². The molecule has 6 heteroatoms. The fraction of sp³-hybridized carbons (Fsp3) is 0.261. The minimum atomic E-state index is -0.209. The van der Waals surface area contributed by atoms with Gasteiger partial charge in [-0.1, -0.05) is 24.3 Å². The summed E-state index contributed by atoms with van der Waals surface area (Å²) in [5, 5.41) is 0.496. The van der Waals surface area contributed by atoms with Crippen LogP contribution in [0.25, 0.3) is 22.0 Å². The van der Waals surface area contributed by atoms with Gasteiger partial charge in [0.25, 0.3) is 5.91 Å². The van der Waals surface area contributed by atoms with Crippen LogP contribution < -0.4 is 5.43 Å². The van der Waals surface area contributed by atoms with E-state index < -0.39 is 0 Å². The summed E-state index contributed by atoms with van der Waals surface area (Å²) in [6, 6.07) is 16.4. The van der Waals surface area contributed by atoms with Gasteiger partial charge >= 0.3 is 0 Å². The third-order valence-electron chi connectivity index (χ3n) is 5.73. The van der Waals surface area contributed by atoms with E-state index in [0.29, 0.717) is 30.0 Å². The minimum Gasteiger partial charge on any atom is -0.451 e. The van der Waals surface area contributed by atoms with Crippen molar-refractivity contribution >= 4 is 27.9 Å². The molecule has 0 unspecified atom stereocenters. The first-order valence-electron chi connectivity index (χ1n) is 9.91. The Labute approximate surface area is 167 Å². The van der Waals surface area contributed by atoms with Gasteiger partial charge in [0.05, 0.1) is 22.7 Å². The smallest absolute Gasteiger partial charge is 0.289 e. The lowest BCUT2D eigenvalue weighted by Gasteiger charge is -2.31. The Bertz CT molecular complexity index is 1250. The molecule has 0 N–H and O–H groups in total. The van der Waals surface area contributed by atoms with Crippen LogP contribution >= 0.6 is 0 Å². The topological polar surface area (TPSA) is 68.3 Å². The molecule has 6 nitrogen and oxygen atoms in total. The van der Waals surface area contributed by atoms with Gasteiger partial charge in [0.15, 0.2) is 11.2 Å². The number of rotatable bonds is 3. The van der Waals surface area contributed by atoms with E-state index in [0.717, 1.165) is 30.4 Å². The minimum absolute atomic E-state index is 0.118. The Hall–Kier alpha value is -3.41. The highest BCUT2D eigenvalue weighted by atomic mass is 16.3. The van der Waals surface area contributed by atoms with Crippen molar-refractivity contribution in [1.82, 2.24) is 14.5 Å². The number of amides is 1. The number of para-hydroxylation sites is 3. The third-order valence-corrected chi connectivity index (χ3v) is 5.73. The molecule has 0 bridgehead atoms. The zero-order valence-corrected chi connectivity index (χ0v) is 16.0. The SMILES string of the molecule is O=C(c1cc(=O)c2ccccc2o1)N1CCC(Cn2cnc3ccccc32)CC1. The van der Waals surface area contributed by atoms with Crippen molar-refractivity contribution in [2.24, 2.45) is 5.92 Å². The van der Waals surface area contributed by atoms with E-state index in [1.807, 2.05) is 24.5 Å². The van der Waals surface area contributed by atoms with Crippen LogP contribution in [-0.4, -0.2) is 33.4 Å². The lowest BCUT2D eigenvalue weighted by atomic mass is 9.96. The number of likely N-dealkylation sites (tertiary alicyclic amines) is 1. The summed E-state index contributed by atoms with van der Waals surface area (Å²) in [5.74, 6) is 0.396. The highest BCUT2D eigenvalue weighted by Crippen LogP contribution is 2.23. The molecular formula is C23H21N3O3. The van der Waals surface area contributed by atoms with E-state index in [9.17, 15) is 9.59 Å². The number of piperidine rings is 1. The van der Waals surface area contributed by atoms with E-state index in [1.165, 1.54) is 6.07 Å². The summed E-state index contributed by atoms with van der Waals surface area (Å²) < 4.78 is 7.91. The Morgan fingerprint density at radius 1 is 1.07 bits per heavy atom. The van der Waals surface area contributed by atoms with Crippen LogP contribution in [0.5, 0.6) is 0 Å². The van der Waals surface area contributed by atoms with Gasteiger partial charge in [-0.3, -0.25) is 9.59 Å². The van der Waals surface area contributed by atoms with Crippen LogP contribution in [0.15, 0.2) is 70.1 Å². The molecule has 0 radical (unpaired) electrons. The lowest BCUT2D eigenvalue weighted by Crippen LogP contribution is -2.39. The Morgan fingerprint density at radius 3 is 2.69 bits per heavy atom. The molecule has 1 aliphatic heterocycles. The van der Waals surface area contributed by atoms with Gasteiger partial charge in [0, 0.05) is 25.7 Å². The van der Waals surface area contributed by atoms with E-state index in [1.54, 1.807) is 29.2 Å². The summed E-state index contributed by atoms with van der Waals surface area (Å²) >= 11 is 0. The predicted octanol–water partition coefficient (Wildman–Crippen LogP) is 3.70. The molecule has 146 valence electrons. The van der Waals surface area contributed by atoms with Gasteiger partial charge in [-0.2, -0.15) is 0 Å². The normalized spacial score (nSPS) is 15.2. The van der Waals surface area contributed by atoms with Gasteiger partial charge in [-0.15, -0.1) is 0 Å². The number of nitrogens with zero attached hydrogens (tertiary/aromatic N) is 3. The first-order chi connectivity index (χ1) is 14.2. The number of imidazole rings is 1. The maximum atomic E-state index is 12.9. The molecule has 0 atom stereocenters. The van der Waals surface area contributed by atoms with Crippen molar-refractivity contribution in [3.8, 4) is 0 Å². The lowest BCUT2D eigenvalue weighted by molar-refractivity contribution is 0.0652. The fourth-order valence-corrected chi connectivity index (χ4v) is 4.12. The molecule has 1 aliphatic rings. The largest absolute Gasteiger partial charge is 0.451 e. The maximum absolute atomic E-state index is 12.9. The molecule has 0 spiro atoms. The second kappa shape index (κ2) is 7.20. The number of hydrogen-bond acceptors (Lipinski definition) is 4. The molecule has 5 rings (SSSR count). The molecule has 29 heavy (non-hydrogen) atoms. The molecule has 0 saturated carbocycles. The van der Waals surface area contributed by atoms with Gasteiger partial charge in [-0.05, 0) is 43.0 Å². The van der Waals surface area contributed by atoms with E-state index in [2.05, 4.69) is 15.6 Å². The van der Waals surface area contributed by atoms with Crippen LogP contribution in [0.3, 0.4) is 0 Å². The number of benzene rings is 2. The number of aromatic nitrogens is 2. The Kier molecular flexibility index (Phi) is 4.39. The summed E-state index contributed by atoms with van der Waals surface area (Å²) in [6.07, 6.45) is 3.72. The molecule has 1 fully saturated rings. The summed E-state index contributed by atoms with van der Waals surface area (Å²) in [6.45, 7) is 2.22. The molecule has 3 heterocycles. The first kappa shape index (κ1) is 17.7. The molecule has 1 amide bonds. The fourth-order valence-electron chi connectivity index (χ4n) is 4.12. The Balaban J connectivity index is 1.28. The monoisotopic (exact) mass is 387 g/mol. The highest BCUT2D eigenvalue weighted by Gasteiger charge is 2.26. The van der Waals surface area contributed by atoms with Gasteiger partial charge in [-0.25, -0.2) is 4.98 Å². The van der Waals surface area contributed by atoms with E-state index in [4.69, 9.17) is 4.42 Å². The molecular weight excluding hydrogens is 366 g/mol. The van der Waals surface area contributed by atoms with Gasteiger partial charge in [0.2, 0.25) is 0 Å². The average molecular weight is 387 g/mol. The van der Waals surface area contributed by atoms with Crippen LogP contribution in [-0.2, 0) is 6.54 Å². The van der Waals surface area contributed by atoms with Crippen molar-refractivity contribution in [2.75, 3.05) is 13.1 Å². The molecule has 0 aliphatic carbocycles. The molecule has 2 aromatic carbocycles. The Morgan fingerprint density at radius 2 is 1.83 bits per heavy atom. The second-order valence-corrected chi connectivity index (χ2v) is 7.59. The van der Waals surface area contributed by atoms with Gasteiger partial charge < -0.3 is 13.9 Å². The summed E-state index contributed by atoms with van der Waals surface area (Å²) in [5.41, 5.74) is 2.41. The van der Waals surface area contributed by atoms with Crippen LogP contribution in [0.1, 0.15) is 23.4 Å². The second-order valence-electron chi connectivity index (χ2n) is 7.59. The average Bonchev–Trinajstić information content (AvgIpc) is 3.17. The number of fused-ring (bicyclic) bond motifs is 2. The van der Waals surface area contributed by atoms with Crippen LogP contribution in [0.2, 0.25) is 0 Å².